The molecule has 0 radical (unpaired) electrons. The topological polar surface area (TPSA) is 86.6 Å². The molecule has 0 aliphatic heterocycles. The van der Waals surface area contributed by atoms with Gasteiger partial charge in [0.2, 0.25) is 11.3 Å². The lowest BCUT2D eigenvalue weighted by Crippen LogP contribution is -2.23. The monoisotopic (exact) mass is 472 g/mol. The molecule has 1 amide bonds. The molecule has 0 saturated heterocycles. The summed E-state index contributed by atoms with van der Waals surface area (Å²) in [4.78, 5) is 37.3. The van der Waals surface area contributed by atoms with Gasteiger partial charge in [-0.3, -0.25) is 9.59 Å². The summed E-state index contributed by atoms with van der Waals surface area (Å²) < 4.78 is 12.3. The average molecular weight is 473 g/mol. The van der Waals surface area contributed by atoms with Crippen molar-refractivity contribution >= 4 is 44.4 Å². The van der Waals surface area contributed by atoms with Crippen LogP contribution in [0.15, 0.2) is 51.7 Å². The number of carbonyl (C=O) groups is 2. The minimum absolute atomic E-state index is 0.0167. The molecule has 0 spiro atoms. The largest absolute Gasteiger partial charge is 0.497 e. The highest BCUT2D eigenvalue weighted by molar-refractivity contribution is 9.10. The molecule has 1 aromatic heterocycles. The number of esters is 1. The Balaban J connectivity index is 1.91. The van der Waals surface area contributed by atoms with Crippen LogP contribution in [-0.2, 0) is 16.1 Å². The lowest BCUT2D eigenvalue weighted by molar-refractivity contribution is -0.116. The number of methoxy groups -OCH3 is 1. The molecule has 156 valence electrons. The van der Waals surface area contributed by atoms with E-state index in [0.717, 1.165) is 0 Å². The van der Waals surface area contributed by atoms with Crippen LogP contribution >= 0.6 is 15.9 Å². The number of amides is 1. The van der Waals surface area contributed by atoms with E-state index in [0.29, 0.717) is 38.1 Å². The molecule has 0 fully saturated rings. The Bertz CT molecular complexity index is 1190. The molecule has 1 N–H and O–H groups in total. The lowest BCUT2D eigenvalue weighted by Gasteiger charge is -2.17. The van der Waals surface area contributed by atoms with Gasteiger partial charge in [-0.1, -0.05) is 6.07 Å². The van der Waals surface area contributed by atoms with Gasteiger partial charge in [-0.05, 0) is 66.2 Å². The predicted octanol–water partition coefficient (Wildman–Crippen LogP) is 3.90. The Hall–Kier alpha value is -3.13. The van der Waals surface area contributed by atoms with Gasteiger partial charge in [-0.2, -0.15) is 0 Å². The standard InChI is InChI=1S/C22H21BrN2O5/c1-4-30-22(28)14-6-5-7-15(10-14)24-19(26)12-25-13(2)20(23)21(27)17-11-16(29-3)8-9-18(17)25/h5-11H,4,12H2,1-3H3,(H,24,26). The van der Waals surface area contributed by atoms with Crippen LogP contribution in [0.1, 0.15) is 23.0 Å². The van der Waals surface area contributed by atoms with Crippen molar-refractivity contribution in [3.8, 4) is 5.75 Å². The third-order valence-electron chi connectivity index (χ3n) is 4.62. The van der Waals surface area contributed by atoms with E-state index in [-0.39, 0.29) is 24.5 Å². The number of pyridine rings is 1. The maximum Gasteiger partial charge on any atom is 0.338 e. The first kappa shape index (κ1) is 21.6. The number of carbonyl (C=O) groups excluding carboxylic acids is 2. The van der Waals surface area contributed by atoms with Crippen LogP contribution in [0, 0.1) is 6.92 Å². The van der Waals surface area contributed by atoms with Crippen LogP contribution in [0.4, 0.5) is 5.69 Å². The van der Waals surface area contributed by atoms with Gasteiger partial charge in [0.25, 0.3) is 0 Å². The van der Waals surface area contributed by atoms with Crippen molar-refractivity contribution < 1.29 is 19.1 Å². The molecule has 2 aromatic carbocycles. The van der Waals surface area contributed by atoms with E-state index >= 15 is 0 Å². The van der Waals surface area contributed by atoms with E-state index in [9.17, 15) is 14.4 Å². The van der Waals surface area contributed by atoms with Crippen LogP contribution in [0.25, 0.3) is 10.9 Å². The molecule has 8 heteroatoms. The van der Waals surface area contributed by atoms with Gasteiger partial charge in [-0.15, -0.1) is 0 Å². The highest BCUT2D eigenvalue weighted by Gasteiger charge is 2.16. The van der Waals surface area contributed by atoms with Crippen LogP contribution in [0.3, 0.4) is 0 Å². The fourth-order valence-corrected chi connectivity index (χ4v) is 3.55. The zero-order valence-corrected chi connectivity index (χ0v) is 18.4. The molecule has 3 rings (SSSR count). The van der Waals surface area contributed by atoms with Crippen molar-refractivity contribution in [1.82, 2.24) is 4.57 Å². The van der Waals surface area contributed by atoms with Crippen LogP contribution in [-0.4, -0.2) is 30.2 Å². The molecule has 30 heavy (non-hydrogen) atoms. The summed E-state index contributed by atoms with van der Waals surface area (Å²) in [5.74, 6) is -0.192. The van der Waals surface area contributed by atoms with E-state index in [1.807, 2.05) is 0 Å². The second-order valence-corrected chi connectivity index (χ2v) is 7.34. The lowest BCUT2D eigenvalue weighted by atomic mass is 10.1. The van der Waals surface area contributed by atoms with E-state index in [1.54, 1.807) is 60.9 Å². The summed E-state index contributed by atoms with van der Waals surface area (Å²) in [5.41, 5.74) is 1.92. The van der Waals surface area contributed by atoms with Crippen molar-refractivity contribution in [2.75, 3.05) is 19.0 Å². The average Bonchev–Trinajstić information content (AvgIpc) is 2.75. The number of rotatable bonds is 6. The Kier molecular flexibility index (Phi) is 6.56. The van der Waals surface area contributed by atoms with E-state index in [1.165, 1.54) is 7.11 Å². The smallest absolute Gasteiger partial charge is 0.338 e. The maximum atomic E-state index is 12.7. The SMILES string of the molecule is CCOC(=O)c1cccc(NC(=O)Cn2c(C)c(Br)c(=O)c3cc(OC)ccc32)c1. The third kappa shape index (κ3) is 4.38. The van der Waals surface area contributed by atoms with Crippen molar-refractivity contribution in [2.24, 2.45) is 0 Å². The number of aromatic nitrogens is 1. The maximum absolute atomic E-state index is 12.7. The highest BCUT2D eigenvalue weighted by atomic mass is 79.9. The summed E-state index contributed by atoms with van der Waals surface area (Å²) in [6.45, 7) is 3.75. The number of anilines is 1. The Morgan fingerprint density at radius 3 is 2.63 bits per heavy atom. The van der Waals surface area contributed by atoms with Gasteiger partial charge in [0.15, 0.2) is 0 Å². The van der Waals surface area contributed by atoms with Crippen LogP contribution in [0.5, 0.6) is 5.75 Å². The molecular formula is C22H21BrN2O5. The van der Waals surface area contributed by atoms with Gasteiger partial charge in [0.1, 0.15) is 12.3 Å². The van der Waals surface area contributed by atoms with E-state index in [4.69, 9.17) is 9.47 Å². The first-order valence-electron chi connectivity index (χ1n) is 9.29. The second kappa shape index (κ2) is 9.13. The molecule has 0 unspecified atom stereocenters. The Morgan fingerprint density at radius 2 is 1.93 bits per heavy atom. The van der Waals surface area contributed by atoms with Gasteiger partial charge in [0, 0.05) is 11.4 Å². The zero-order valence-electron chi connectivity index (χ0n) is 16.8. The second-order valence-electron chi connectivity index (χ2n) is 6.55. The minimum Gasteiger partial charge on any atom is -0.497 e. The summed E-state index contributed by atoms with van der Waals surface area (Å²) >= 11 is 3.34. The van der Waals surface area contributed by atoms with Gasteiger partial charge >= 0.3 is 5.97 Å². The summed E-state index contributed by atoms with van der Waals surface area (Å²) in [6, 6.07) is 11.7. The summed E-state index contributed by atoms with van der Waals surface area (Å²) in [6.07, 6.45) is 0. The normalized spacial score (nSPS) is 10.7. The number of ether oxygens (including phenoxy) is 2. The zero-order chi connectivity index (χ0) is 21.8. The molecule has 7 nitrogen and oxygen atoms in total. The summed E-state index contributed by atoms with van der Waals surface area (Å²) in [7, 11) is 1.53. The van der Waals surface area contributed by atoms with Crippen molar-refractivity contribution in [3.05, 3.63) is 68.4 Å². The number of halogens is 1. The predicted molar refractivity (Wildman–Crippen MR) is 118 cm³/mol. The molecule has 0 aliphatic carbocycles. The number of hydrogen-bond donors (Lipinski definition) is 1. The Labute approximate surface area is 181 Å². The van der Waals surface area contributed by atoms with E-state index < -0.39 is 5.97 Å². The molecule has 0 saturated carbocycles. The first-order chi connectivity index (χ1) is 14.3. The molecule has 0 atom stereocenters. The number of hydrogen-bond acceptors (Lipinski definition) is 5. The minimum atomic E-state index is -0.450. The molecule has 3 aromatic rings. The first-order valence-corrected chi connectivity index (χ1v) is 10.1. The van der Waals surface area contributed by atoms with Crippen molar-refractivity contribution in [3.63, 3.8) is 0 Å². The quantitative estimate of drug-likeness (QED) is 0.549. The van der Waals surface area contributed by atoms with Crippen molar-refractivity contribution in [1.29, 1.82) is 0 Å². The summed E-state index contributed by atoms with van der Waals surface area (Å²) in [5, 5.41) is 3.24. The fraction of sp³-hybridized carbons (Fsp3) is 0.227. The van der Waals surface area contributed by atoms with Gasteiger partial charge in [-0.25, -0.2) is 4.79 Å². The van der Waals surface area contributed by atoms with Crippen LogP contribution in [0.2, 0.25) is 0 Å². The fourth-order valence-electron chi connectivity index (χ4n) is 3.13. The number of fused-ring (bicyclic) bond motifs is 1. The number of nitrogens with zero attached hydrogens (tertiary/aromatic N) is 1. The van der Waals surface area contributed by atoms with E-state index in [2.05, 4.69) is 21.2 Å². The van der Waals surface area contributed by atoms with Gasteiger partial charge < -0.3 is 19.4 Å². The third-order valence-corrected chi connectivity index (χ3v) is 5.55. The molecule has 1 heterocycles. The Morgan fingerprint density at radius 1 is 1.17 bits per heavy atom. The van der Waals surface area contributed by atoms with Crippen LogP contribution < -0.4 is 15.5 Å². The molecule has 0 aliphatic rings. The number of nitrogens with one attached hydrogen (secondary N) is 1. The highest BCUT2D eigenvalue weighted by Crippen LogP contribution is 2.23. The molecule has 0 bridgehead atoms. The van der Waals surface area contributed by atoms with Gasteiger partial charge in [0.05, 0.1) is 34.7 Å². The van der Waals surface area contributed by atoms with Crippen molar-refractivity contribution in [2.45, 2.75) is 20.4 Å². The number of benzene rings is 2. The molecular weight excluding hydrogens is 452 g/mol.